The lowest BCUT2D eigenvalue weighted by molar-refractivity contribution is 0.0954. The zero-order chi connectivity index (χ0) is 19.8. The molecule has 0 spiro atoms. The highest BCUT2D eigenvalue weighted by atomic mass is 16.5. The number of nitrogens with zero attached hydrogens (tertiary/aromatic N) is 2. The number of methoxy groups -OCH3 is 1. The van der Waals surface area contributed by atoms with Crippen LogP contribution in [0, 0.1) is 11.3 Å². The Bertz CT molecular complexity index is 977. The smallest absolute Gasteiger partial charge is 0.252 e. The van der Waals surface area contributed by atoms with Crippen LogP contribution in [0.4, 0.5) is 11.5 Å². The summed E-state index contributed by atoms with van der Waals surface area (Å²) in [7, 11) is 1.63. The Morgan fingerprint density at radius 3 is 2.64 bits per heavy atom. The second-order valence-electron chi connectivity index (χ2n) is 6.10. The maximum absolute atomic E-state index is 12.3. The minimum atomic E-state index is -0.168. The molecule has 3 aromatic rings. The van der Waals surface area contributed by atoms with Crippen molar-refractivity contribution in [3.05, 3.63) is 83.6 Å². The number of ether oxygens (including phenoxy) is 1. The molecule has 6 heteroatoms. The third-order valence-corrected chi connectivity index (χ3v) is 4.15. The van der Waals surface area contributed by atoms with Gasteiger partial charge in [0.15, 0.2) is 0 Å². The van der Waals surface area contributed by atoms with Gasteiger partial charge in [-0.3, -0.25) is 4.79 Å². The van der Waals surface area contributed by atoms with E-state index in [1.807, 2.05) is 30.3 Å². The molecular formula is C22H20N4O2. The van der Waals surface area contributed by atoms with E-state index in [-0.39, 0.29) is 5.91 Å². The first-order valence-corrected chi connectivity index (χ1v) is 8.82. The highest BCUT2D eigenvalue weighted by molar-refractivity contribution is 5.94. The number of hydrogen-bond donors (Lipinski definition) is 2. The topological polar surface area (TPSA) is 87.0 Å². The van der Waals surface area contributed by atoms with E-state index in [2.05, 4.69) is 21.7 Å². The zero-order valence-corrected chi connectivity index (χ0v) is 15.5. The van der Waals surface area contributed by atoms with Gasteiger partial charge in [-0.05, 0) is 54.4 Å². The fraction of sp³-hybridized carbons (Fsp3) is 0.136. The van der Waals surface area contributed by atoms with Crippen LogP contribution in [0.5, 0.6) is 5.75 Å². The molecule has 0 aliphatic rings. The van der Waals surface area contributed by atoms with Gasteiger partial charge >= 0.3 is 0 Å². The lowest BCUT2D eigenvalue weighted by atomic mass is 10.1. The Kier molecular flexibility index (Phi) is 6.21. The molecule has 0 unspecified atom stereocenters. The summed E-state index contributed by atoms with van der Waals surface area (Å²) in [5.74, 6) is 1.25. The Morgan fingerprint density at radius 2 is 1.96 bits per heavy atom. The first-order chi connectivity index (χ1) is 13.7. The summed E-state index contributed by atoms with van der Waals surface area (Å²) in [4.78, 5) is 16.5. The van der Waals surface area contributed by atoms with Crippen LogP contribution in [0.1, 0.15) is 21.5 Å². The normalized spacial score (nSPS) is 10.0. The number of benzene rings is 2. The number of rotatable bonds is 7. The first kappa shape index (κ1) is 18.9. The quantitative estimate of drug-likeness (QED) is 0.661. The van der Waals surface area contributed by atoms with Crippen LogP contribution in [0.25, 0.3) is 0 Å². The van der Waals surface area contributed by atoms with Crippen LogP contribution >= 0.6 is 0 Å². The van der Waals surface area contributed by atoms with Crippen LogP contribution in [0.3, 0.4) is 0 Å². The standard InChI is InChI=1S/C22H20N4O2/c1-28-20-8-5-16(6-9-20)11-12-24-22(27)18-7-10-21(25-15-18)26-19-4-2-3-17(13-19)14-23/h2-10,13,15H,11-12H2,1H3,(H,24,27)(H,25,26). The van der Waals surface area contributed by atoms with E-state index in [1.165, 1.54) is 6.20 Å². The summed E-state index contributed by atoms with van der Waals surface area (Å²) < 4.78 is 5.13. The van der Waals surface area contributed by atoms with E-state index in [4.69, 9.17) is 10.00 Å². The van der Waals surface area contributed by atoms with Crippen molar-refractivity contribution in [2.75, 3.05) is 19.0 Å². The number of carbonyl (C=O) groups excluding carboxylic acids is 1. The molecule has 0 saturated heterocycles. The maximum Gasteiger partial charge on any atom is 0.252 e. The van der Waals surface area contributed by atoms with Gasteiger partial charge in [-0.25, -0.2) is 4.98 Å². The summed E-state index contributed by atoms with van der Waals surface area (Å²) in [5, 5.41) is 15.0. The Balaban J connectivity index is 1.52. The SMILES string of the molecule is COc1ccc(CCNC(=O)c2ccc(Nc3cccc(C#N)c3)nc2)cc1. The zero-order valence-electron chi connectivity index (χ0n) is 15.5. The molecule has 0 radical (unpaired) electrons. The largest absolute Gasteiger partial charge is 0.497 e. The Labute approximate surface area is 163 Å². The molecule has 28 heavy (non-hydrogen) atoms. The number of nitriles is 1. The van der Waals surface area contributed by atoms with E-state index in [1.54, 1.807) is 37.4 Å². The van der Waals surface area contributed by atoms with Gasteiger partial charge in [-0.1, -0.05) is 18.2 Å². The van der Waals surface area contributed by atoms with Gasteiger partial charge in [0, 0.05) is 18.4 Å². The summed E-state index contributed by atoms with van der Waals surface area (Å²) >= 11 is 0. The van der Waals surface area contributed by atoms with Crippen LogP contribution in [0.2, 0.25) is 0 Å². The molecule has 0 bridgehead atoms. The molecule has 6 nitrogen and oxygen atoms in total. The lowest BCUT2D eigenvalue weighted by Crippen LogP contribution is -2.25. The highest BCUT2D eigenvalue weighted by Gasteiger charge is 2.06. The summed E-state index contributed by atoms with van der Waals surface area (Å²) in [6, 6.07) is 20.4. The second kappa shape index (κ2) is 9.19. The van der Waals surface area contributed by atoms with Crippen molar-refractivity contribution in [1.29, 1.82) is 5.26 Å². The Morgan fingerprint density at radius 1 is 1.14 bits per heavy atom. The minimum absolute atomic E-state index is 0.168. The van der Waals surface area contributed by atoms with E-state index in [9.17, 15) is 4.79 Å². The van der Waals surface area contributed by atoms with Crippen LogP contribution < -0.4 is 15.4 Å². The second-order valence-corrected chi connectivity index (χ2v) is 6.10. The van der Waals surface area contributed by atoms with Gasteiger partial charge in [-0.15, -0.1) is 0 Å². The van der Waals surface area contributed by atoms with Crippen LogP contribution in [0.15, 0.2) is 66.9 Å². The number of amides is 1. The number of pyridine rings is 1. The van der Waals surface area contributed by atoms with Gasteiger partial charge in [0.25, 0.3) is 5.91 Å². The molecule has 1 aromatic heterocycles. The monoisotopic (exact) mass is 372 g/mol. The van der Waals surface area contributed by atoms with Gasteiger partial charge in [-0.2, -0.15) is 5.26 Å². The molecule has 0 fully saturated rings. The molecule has 140 valence electrons. The molecule has 3 rings (SSSR count). The molecule has 1 heterocycles. The van der Waals surface area contributed by atoms with Crippen molar-refractivity contribution in [2.24, 2.45) is 0 Å². The van der Waals surface area contributed by atoms with Crippen molar-refractivity contribution >= 4 is 17.4 Å². The molecular weight excluding hydrogens is 352 g/mol. The Hall–Kier alpha value is -3.85. The highest BCUT2D eigenvalue weighted by Crippen LogP contribution is 2.16. The van der Waals surface area contributed by atoms with Crippen molar-refractivity contribution in [2.45, 2.75) is 6.42 Å². The third-order valence-electron chi connectivity index (χ3n) is 4.15. The predicted octanol–water partition coefficient (Wildman–Crippen LogP) is 3.68. The average Bonchev–Trinajstić information content (AvgIpc) is 2.75. The van der Waals surface area contributed by atoms with Gasteiger partial charge < -0.3 is 15.4 Å². The van der Waals surface area contributed by atoms with Crippen LogP contribution in [-0.4, -0.2) is 24.5 Å². The molecule has 0 aliphatic carbocycles. The van der Waals surface area contributed by atoms with E-state index >= 15 is 0 Å². The number of nitrogens with one attached hydrogen (secondary N) is 2. The van der Waals surface area contributed by atoms with Crippen molar-refractivity contribution in [3.63, 3.8) is 0 Å². The summed E-state index contributed by atoms with van der Waals surface area (Å²) in [5.41, 5.74) is 2.95. The molecule has 2 N–H and O–H groups in total. The summed E-state index contributed by atoms with van der Waals surface area (Å²) in [6.07, 6.45) is 2.26. The van der Waals surface area contributed by atoms with E-state index in [0.717, 1.165) is 23.4 Å². The number of hydrogen-bond acceptors (Lipinski definition) is 5. The molecule has 0 saturated carbocycles. The van der Waals surface area contributed by atoms with Crippen molar-refractivity contribution < 1.29 is 9.53 Å². The third kappa shape index (κ3) is 5.08. The maximum atomic E-state index is 12.3. The minimum Gasteiger partial charge on any atom is -0.497 e. The number of carbonyl (C=O) groups is 1. The van der Waals surface area contributed by atoms with Gasteiger partial charge in [0.1, 0.15) is 11.6 Å². The molecule has 1 amide bonds. The van der Waals surface area contributed by atoms with E-state index in [0.29, 0.717) is 23.5 Å². The summed E-state index contributed by atoms with van der Waals surface area (Å²) in [6.45, 7) is 0.534. The lowest BCUT2D eigenvalue weighted by Gasteiger charge is -2.08. The predicted molar refractivity (Wildman–Crippen MR) is 108 cm³/mol. The number of aromatic nitrogens is 1. The molecule has 2 aromatic carbocycles. The van der Waals surface area contributed by atoms with Gasteiger partial charge in [0.05, 0.1) is 24.3 Å². The first-order valence-electron chi connectivity index (χ1n) is 8.82. The van der Waals surface area contributed by atoms with Crippen molar-refractivity contribution in [3.8, 4) is 11.8 Å². The van der Waals surface area contributed by atoms with Gasteiger partial charge in [0.2, 0.25) is 0 Å². The van der Waals surface area contributed by atoms with E-state index < -0.39 is 0 Å². The average molecular weight is 372 g/mol. The van der Waals surface area contributed by atoms with Crippen LogP contribution in [-0.2, 0) is 6.42 Å². The fourth-order valence-electron chi connectivity index (χ4n) is 2.63. The fourth-order valence-corrected chi connectivity index (χ4v) is 2.63. The molecule has 0 atom stereocenters. The number of anilines is 2. The molecule has 0 aliphatic heterocycles. The van der Waals surface area contributed by atoms with Crippen molar-refractivity contribution in [1.82, 2.24) is 10.3 Å².